The van der Waals surface area contributed by atoms with Gasteiger partial charge in [-0.1, -0.05) is 19.1 Å². The fourth-order valence-corrected chi connectivity index (χ4v) is 0.957. The molecular weight excluding hydrogens is 112 g/mol. The zero-order valence-electron chi connectivity index (χ0n) is 5.92. The van der Waals surface area contributed by atoms with Gasteiger partial charge in [0.1, 0.15) is 0 Å². The number of methoxy groups -OCH3 is 1. The number of hydrogen-bond acceptors (Lipinski definition) is 1. The van der Waals surface area contributed by atoms with Crippen LogP contribution in [0.4, 0.5) is 0 Å². The molecule has 0 bridgehead atoms. The summed E-state index contributed by atoms with van der Waals surface area (Å²) in [6, 6.07) is 0. The highest BCUT2D eigenvalue weighted by atomic mass is 16.5. The molecule has 0 radical (unpaired) electrons. The summed E-state index contributed by atoms with van der Waals surface area (Å²) in [7, 11) is 1.72. The first kappa shape index (κ1) is 6.40. The van der Waals surface area contributed by atoms with Crippen LogP contribution in [0.3, 0.4) is 0 Å². The second-order valence-corrected chi connectivity index (χ2v) is 2.40. The molecule has 0 aromatic heterocycles. The Morgan fingerprint density at radius 2 is 2.44 bits per heavy atom. The lowest BCUT2D eigenvalue weighted by Gasteiger charge is -2.12. The second kappa shape index (κ2) is 2.72. The van der Waals surface area contributed by atoms with E-state index in [4.69, 9.17) is 4.74 Å². The predicted octanol–water partition coefficient (Wildman–Crippen LogP) is 2.11. The molecule has 0 saturated carbocycles. The van der Waals surface area contributed by atoms with E-state index in [9.17, 15) is 0 Å². The van der Waals surface area contributed by atoms with Gasteiger partial charge in [0.15, 0.2) is 0 Å². The minimum absolute atomic E-state index is 0.643. The van der Waals surface area contributed by atoms with Gasteiger partial charge in [-0.3, -0.25) is 0 Å². The lowest BCUT2D eigenvalue weighted by atomic mass is 10.0. The third-order valence-electron chi connectivity index (χ3n) is 1.51. The second-order valence-electron chi connectivity index (χ2n) is 2.40. The first-order valence-corrected chi connectivity index (χ1v) is 3.24. The fourth-order valence-electron chi connectivity index (χ4n) is 0.957. The first-order valence-electron chi connectivity index (χ1n) is 3.24. The molecule has 0 aromatic rings. The highest BCUT2D eigenvalue weighted by molar-refractivity contribution is 5.14. The van der Waals surface area contributed by atoms with E-state index in [-0.39, 0.29) is 0 Å². The molecule has 1 nitrogen and oxygen atoms in total. The maximum atomic E-state index is 5.07. The van der Waals surface area contributed by atoms with Crippen LogP contribution >= 0.6 is 0 Å². The van der Waals surface area contributed by atoms with Crippen molar-refractivity contribution in [3.63, 3.8) is 0 Å². The summed E-state index contributed by atoms with van der Waals surface area (Å²) in [5.74, 6) is 1.73. The van der Waals surface area contributed by atoms with E-state index in [0.717, 1.165) is 12.2 Å². The molecule has 0 amide bonds. The van der Waals surface area contributed by atoms with Gasteiger partial charge < -0.3 is 4.74 Å². The maximum Gasteiger partial charge on any atom is 0.0961 e. The summed E-state index contributed by atoms with van der Waals surface area (Å²) < 4.78 is 5.07. The van der Waals surface area contributed by atoms with Crippen molar-refractivity contribution in [3.8, 4) is 0 Å². The average Bonchev–Trinajstić information content (AvgIpc) is 1.88. The van der Waals surface area contributed by atoms with E-state index in [1.807, 2.05) is 12.2 Å². The number of hydrogen-bond donors (Lipinski definition) is 0. The Kier molecular flexibility index (Phi) is 1.93. The smallest absolute Gasteiger partial charge is 0.0961 e. The molecule has 9 heavy (non-hydrogen) atoms. The molecule has 1 aliphatic carbocycles. The van der Waals surface area contributed by atoms with Gasteiger partial charge in [0.2, 0.25) is 0 Å². The van der Waals surface area contributed by atoms with Crippen molar-refractivity contribution in [3.05, 3.63) is 24.0 Å². The summed E-state index contributed by atoms with van der Waals surface area (Å²) in [4.78, 5) is 0. The Balaban J connectivity index is 2.55. The average molecular weight is 124 g/mol. The van der Waals surface area contributed by atoms with Crippen LogP contribution in [0.5, 0.6) is 0 Å². The van der Waals surface area contributed by atoms with Gasteiger partial charge in [-0.25, -0.2) is 0 Å². The Labute approximate surface area is 56.0 Å². The monoisotopic (exact) mass is 124 g/mol. The zero-order valence-corrected chi connectivity index (χ0v) is 5.92. The van der Waals surface area contributed by atoms with Crippen molar-refractivity contribution in [1.29, 1.82) is 0 Å². The van der Waals surface area contributed by atoms with Crippen molar-refractivity contribution in [2.45, 2.75) is 13.3 Å². The van der Waals surface area contributed by atoms with Crippen LogP contribution in [0.25, 0.3) is 0 Å². The molecule has 50 valence electrons. The fraction of sp³-hybridized carbons (Fsp3) is 0.500. The SMILES string of the molecule is COC1=CC=C[C@H](C)C1. The van der Waals surface area contributed by atoms with E-state index in [2.05, 4.69) is 13.0 Å². The standard InChI is InChI=1S/C8H12O/c1-7-4-3-5-8(6-7)9-2/h3-5,7H,6H2,1-2H3/t7-/m0/s1. The van der Waals surface area contributed by atoms with Crippen LogP contribution < -0.4 is 0 Å². The van der Waals surface area contributed by atoms with E-state index in [1.165, 1.54) is 0 Å². The molecular formula is C8H12O. The minimum Gasteiger partial charge on any atom is -0.501 e. The first-order chi connectivity index (χ1) is 4.33. The van der Waals surface area contributed by atoms with Gasteiger partial charge in [-0.2, -0.15) is 0 Å². The lowest BCUT2D eigenvalue weighted by molar-refractivity contribution is 0.267. The van der Waals surface area contributed by atoms with Crippen LogP contribution in [-0.4, -0.2) is 7.11 Å². The van der Waals surface area contributed by atoms with Crippen LogP contribution in [0.15, 0.2) is 24.0 Å². The van der Waals surface area contributed by atoms with Gasteiger partial charge in [0.05, 0.1) is 12.9 Å². The van der Waals surface area contributed by atoms with E-state index >= 15 is 0 Å². The minimum atomic E-state index is 0.643. The maximum absolute atomic E-state index is 5.07. The van der Waals surface area contributed by atoms with Crippen molar-refractivity contribution in [2.75, 3.05) is 7.11 Å². The summed E-state index contributed by atoms with van der Waals surface area (Å²) in [5.41, 5.74) is 0. The van der Waals surface area contributed by atoms with Crippen molar-refractivity contribution in [1.82, 2.24) is 0 Å². The molecule has 0 spiro atoms. The third kappa shape index (κ3) is 1.60. The zero-order chi connectivity index (χ0) is 6.69. The third-order valence-corrected chi connectivity index (χ3v) is 1.51. The topological polar surface area (TPSA) is 9.23 Å². The van der Waals surface area contributed by atoms with Crippen molar-refractivity contribution >= 4 is 0 Å². The molecule has 0 aromatic carbocycles. The summed E-state index contributed by atoms with van der Waals surface area (Å²) >= 11 is 0. The summed E-state index contributed by atoms with van der Waals surface area (Å²) in [5, 5.41) is 0. The van der Waals surface area contributed by atoms with Gasteiger partial charge in [0, 0.05) is 6.42 Å². The molecule has 0 unspecified atom stereocenters. The number of ether oxygens (including phenoxy) is 1. The molecule has 0 fully saturated rings. The Hall–Kier alpha value is -0.720. The van der Waals surface area contributed by atoms with E-state index < -0.39 is 0 Å². The van der Waals surface area contributed by atoms with Crippen molar-refractivity contribution < 1.29 is 4.74 Å². The predicted molar refractivity (Wildman–Crippen MR) is 38.0 cm³/mol. The molecule has 0 saturated heterocycles. The van der Waals surface area contributed by atoms with Crippen LogP contribution in [0.1, 0.15) is 13.3 Å². The lowest BCUT2D eigenvalue weighted by Crippen LogP contribution is -1.98. The quantitative estimate of drug-likeness (QED) is 0.520. The normalized spacial score (nSPS) is 25.6. The Bertz CT molecular complexity index is 145. The summed E-state index contributed by atoms with van der Waals surface area (Å²) in [6.07, 6.45) is 7.29. The van der Waals surface area contributed by atoms with E-state index in [1.54, 1.807) is 7.11 Å². The largest absolute Gasteiger partial charge is 0.501 e. The highest BCUT2D eigenvalue weighted by Gasteiger charge is 2.04. The number of allylic oxidation sites excluding steroid dienone is 4. The van der Waals surface area contributed by atoms with Gasteiger partial charge in [0.25, 0.3) is 0 Å². The Morgan fingerprint density at radius 1 is 1.67 bits per heavy atom. The van der Waals surface area contributed by atoms with Gasteiger partial charge in [-0.05, 0) is 12.0 Å². The Morgan fingerprint density at radius 3 is 2.89 bits per heavy atom. The number of rotatable bonds is 1. The summed E-state index contributed by atoms with van der Waals surface area (Å²) in [6.45, 7) is 2.18. The molecule has 1 aliphatic rings. The van der Waals surface area contributed by atoms with Crippen molar-refractivity contribution in [2.24, 2.45) is 5.92 Å². The molecule has 1 heteroatoms. The van der Waals surface area contributed by atoms with Crippen LogP contribution in [0, 0.1) is 5.92 Å². The highest BCUT2D eigenvalue weighted by Crippen LogP contribution is 2.17. The van der Waals surface area contributed by atoms with Crippen LogP contribution in [-0.2, 0) is 4.74 Å². The molecule has 0 aliphatic heterocycles. The molecule has 0 heterocycles. The molecule has 1 rings (SSSR count). The van der Waals surface area contributed by atoms with Gasteiger partial charge in [-0.15, -0.1) is 0 Å². The van der Waals surface area contributed by atoms with E-state index in [0.29, 0.717) is 5.92 Å². The van der Waals surface area contributed by atoms with Crippen LogP contribution in [0.2, 0.25) is 0 Å². The molecule has 1 atom stereocenters. The molecule has 0 N–H and O–H groups in total. The van der Waals surface area contributed by atoms with Gasteiger partial charge >= 0.3 is 0 Å².